The van der Waals surface area contributed by atoms with Gasteiger partial charge >= 0.3 is 0 Å². The van der Waals surface area contributed by atoms with E-state index in [4.69, 9.17) is 0 Å². The van der Waals surface area contributed by atoms with Crippen LogP contribution in [0.5, 0.6) is 0 Å². The van der Waals surface area contributed by atoms with E-state index in [1.807, 2.05) is 12.1 Å². The van der Waals surface area contributed by atoms with Crippen molar-refractivity contribution < 1.29 is 9.59 Å². The van der Waals surface area contributed by atoms with Crippen molar-refractivity contribution in [2.45, 2.75) is 0 Å². The van der Waals surface area contributed by atoms with E-state index >= 15 is 0 Å². The van der Waals surface area contributed by atoms with Crippen molar-refractivity contribution in [3.05, 3.63) is 27.1 Å². The molecule has 6 heteroatoms. The fourth-order valence-electron chi connectivity index (χ4n) is 1.48. The molecule has 0 spiro atoms. The summed E-state index contributed by atoms with van der Waals surface area (Å²) in [5.74, 6) is -0.253. The summed E-state index contributed by atoms with van der Waals surface area (Å²) < 4.78 is 1.70. The second-order valence-electron chi connectivity index (χ2n) is 3.35. The van der Waals surface area contributed by atoms with Crippen molar-refractivity contribution in [1.29, 1.82) is 0 Å². The zero-order valence-electron chi connectivity index (χ0n) is 8.17. The van der Waals surface area contributed by atoms with Crippen LogP contribution in [0.15, 0.2) is 27.1 Å². The van der Waals surface area contributed by atoms with Crippen molar-refractivity contribution in [1.82, 2.24) is 5.32 Å². The molecule has 0 radical (unpaired) electrons. The first-order valence-corrected chi connectivity index (χ1v) is 6.18. The van der Waals surface area contributed by atoms with Crippen molar-refractivity contribution in [3.63, 3.8) is 0 Å². The topological polar surface area (TPSA) is 49.4 Å². The molecule has 84 valence electrons. The van der Waals surface area contributed by atoms with Gasteiger partial charge in [0.05, 0.1) is 12.2 Å². The molecule has 0 atom stereocenters. The van der Waals surface area contributed by atoms with Gasteiger partial charge in [-0.25, -0.2) is 0 Å². The van der Waals surface area contributed by atoms with Crippen LogP contribution in [0.4, 0.5) is 5.69 Å². The molecule has 1 aromatic carbocycles. The minimum Gasteiger partial charge on any atom is -0.345 e. The predicted octanol–water partition coefficient (Wildman–Crippen LogP) is 1.67. The summed E-state index contributed by atoms with van der Waals surface area (Å²) in [7, 11) is 0. The molecule has 1 N–H and O–H groups in total. The summed E-state index contributed by atoms with van der Waals surface area (Å²) in [4.78, 5) is 24.4. The molecule has 1 saturated heterocycles. The number of hydrogen-bond donors (Lipinski definition) is 1. The number of rotatable bonds is 1. The molecule has 1 fully saturated rings. The predicted molar refractivity (Wildman–Crippen MR) is 67.2 cm³/mol. The van der Waals surface area contributed by atoms with Crippen LogP contribution in [0.25, 0.3) is 0 Å². The highest BCUT2D eigenvalue weighted by Crippen LogP contribution is 2.29. The first-order valence-electron chi connectivity index (χ1n) is 4.60. The summed E-state index contributed by atoms with van der Waals surface area (Å²) in [5.41, 5.74) is 0.711. The maximum atomic E-state index is 11.7. The Hall–Kier alpha value is -0.880. The van der Waals surface area contributed by atoms with Gasteiger partial charge in [-0.2, -0.15) is 0 Å². The molecule has 1 aromatic rings. The summed E-state index contributed by atoms with van der Waals surface area (Å²) in [6.45, 7) is 0.125. The van der Waals surface area contributed by atoms with Gasteiger partial charge in [0.2, 0.25) is 11.8 Å². The Morgan fingerprint density at radius 3 is 2.69 bits per heavy atom. The second-order valence-corrected chi connectivity index (χ2v) is 5.12. The number of amides is 2. The van der Waals surface area contributed by atoms with E-state index in [2.05, 4.69) is 37.2 Å². The molecule has 1 aliphatic rings. The third kappa shape index (κ3) is 2.27. The highest BCUT2D eigenvalue weighted by atomic mass is 79.9. The summed E-state index contributed by atoms with van der Waals surface area (Å²) in [6.07, 6.45) is 0. The molecule has 2 amide bonds. The van der Waals surface area contributed by atoms with Crippen LogP contribution in [-0.2, 0) is 9.59 Å². The lowest BCUT2D eigenvalue weighted by Gasteiger charge is -2.27. The number of carbonyl (C=O) groups excluding carboxylic acids is 2. The molecule has 2 rings (SSSR count). The van der Waals surface area contributed by atoms with Crippen molar-refractivity contribution in [3.8, 4) is 0 Å². The minimum absolute atomic E-state index is 0.0569. The van der Waals surface area contributed by atoms with Gasteiger partial charge < -0.3 is 10.2 Å². The van der Waals surface area contributed by atoms with E-state index < -0.39 is 0 Å². The molecule has 0 aromatic heterocycles. The smallest absolute Gasteiger partial charge is 0.246 e. The molecular formula is C10H8Br2N2O2. The Labute approximate surface area is 109 Å². The Bertz CT molecular complexity index is 462. The SMILES string of the molecule is O=C1CN(c2ccc(Br)cc2Br)C(=O)CN1. The van der Waals surface area contributed by atoms with Gasteiger partial charge in [0.1, 0.15) is 6.54 Å². The number of hydrogen-bond acceptors (Lipinski definition) is 2. The number of anilines is 1. The molecular weight excluding hydrogens is 340 g/mol. The Morgan fingerprint density at radius 1 is 1.25 bits per heavy atom. The zero-order chi connectivity index (χ0) is 11.7. The van der Waals surface area contributed by atoms with Crippen LogP contribution in [0.2, 0.25) is 0 Å². The second kappa shape index (κ2) is 4.55. The standard InChI is InChI=1S/C10H8Br2N2O2/c11-6-1-2-8(7(12)3-6)14-5-9(15)13-4-10(14)16/h1-3H,4-5H2,(H,13,15). The summed E-state index contributed by atoms with van der Waals surface area (Å²) >= 11 is 6.71. The van der Waals surface area contributed by atoms with Gasteiger partial charge in [0.15, 0.2) is 0 Å². The van der Waals surface area contributed by atoms with Gasteiger partial charge in [0, 0.05) is 8.95 Å². The van der Waals surface area contributed by atoms with Crippen LogP contribution in [0, 0.1) is 0 Å². The largest absolute Gasteiger partial charge is 0.345 e. The maximum Gasteiger partial charge on any atom is 0.246 e. The first-order chi connectivity index (χ1) is 7.58. The molecule has 4 nitrogen and oxygen atoms in total. The van der Waals surface area contributed by atoms with Crippen LogP contribution in [-0.4, -0.2) is 24.9 Å². The van der Waals surface area contributed by atoms with Crippen molar-refractivity contribution in [2.75, 3.05) is 18.0 Å². The van der Waals surface area contributed by atoms with Crippen molar-refractivity contribution in [2.24, 2.45) is 0 Å². The van der Waals surface area contributed by atoms with Gasteiger partial charge in [-0.1, -0.05) is 15.9 Å². The Morgan fingerprint density at radius 2 is 2.00 bits per heavy atom. The average Bonchev–Trinajstić information content (AvgIpc) is 2.22. The normalized spacial score (nSPS) is 16.2. The van der Waals surface area contributed by atoms with Gasteiger partial charge in [-0.3, -0.25) is 9.59 Å². The number of nitrogens with one attached hydrogen (secondary N) is 1. The van der Waals surface area contributed by atoms with Gasteiger partial charge in [0.25, 0.3) is 0 Å². The molecule has 0 bridgehead atoms. The highest BCUT2D eigenvalue weighted by molar-refractivity contribution is 9.11. The quantitative estimate of drug-likeness (QED) is 0.840. The average molecular weight is 348 g/mol. The fourth-order valence-corrected chi connectivity index (χ4v) is 2.74. The lowest BCUT2D eigenvalue weighted by Crippen LogP contribution is -2.51. The Balaban J connectivity index is 2.35. The number of benzene rings is 1. The molecule has 1 heterocycles. The van der Waals surface area contributed by atoms with Crippen molar-refractivity contribution >= 4 is 49.4 Å². The van der Waals surface area contributed by atoms with E-state index in [1.54, 1.807) is 6.07 Å². The monoisotopic (exact) mass is 346 g/mol. The van der Waals surface area contributed by atoms with E-state index in [-0.39, 0.29) is 24.9 Å². The molecule has 0 saturated carbocycles. The lowest BCUT2D eigenvalue weighted by atomic mass is 10.2. The highest BCUT2D eigenvalue weighted by Gasteiger charge is 2.25. The molecule has 0 aliphatic carbocycles. The molecule has 16 heavy (non-hydrogen) atoms. The van der Waals surface area contributed by atoms with Crippen LogP contribution >= 0.6 is 31.9 Å². The third-order valence-corrected chi connectivity index (χ3v) is 3.37. The number of piperazine rings is 1. The van der Waals surface area contributed by atoms with E-state index in [0.29, 0.717) is 5.69 Å². The van der Waals surface area contributed by atoms with Crippen LogP contribution in [0.1, 0.15) is 0 Å². The lowest BCUT2D eigenvalue weighted by molar-refractivity contribution is -0.128. The summed E-state index contributed by atoms with van der Waals surface area (Å²) in [5, 5.41) is 2.51. The van der Waals surface area contributed by atoms with Gasteiger partial charge in [-0.05, 0) is 34.1 Å². The van der Waals surface area contributed by atoms with Crippen LogP contribution in [0.3, 0.4) is 0 Å². The zero-order valence-corrected chi connectivity index (χ0v) is 11.3. The van der Waals surface area contributed by atoms with Gasteiger partial charge in [-0.15, -0.1) is 0 Å². The van der Waals surface area contributed by atoms with Crippen LogP contribution < -0.4 is 10.2 Å². The van der Waals surface area contributed by atoms with E-state index in [0.717, 1.165) is 8.95 Å². The third-order valence-electron chi connectivity index (χ3n) is 2.24. The van der Waals surface area contributed by atoms with E-state index in [9.17, 15) is 9.59 Å². The number of carbonyl (C=O) groups is 2. The minimum atomic E-state index is -0.144. The summed E-state index contributed by atoms with van der Waals surface area (Å²) in [6, 6.07) is 5.47. The molecule has 1 aliphatic heterocycles. The number of halogens is 2. The first kappa shape index (κ1) is 11.6. The Kier molecular flexibility index (Phi) is 3.30. The number of nitrogens with zero attached hydrogens (tertiary/aromatic N) is 1. The molecule has 0 unspecified atom stereocenters. The van der Waals surface area contributed by atoms with E-state index in [1.165, 1.54) is 4.90 Å². The fraction of sp³-hybridized carbons (Fsp3) is 0.200. The maximum absolute atomic E-state index is 11.7.